The zero-order valence-corrected chi connectivity index (χ0v) is 14.3. The van der Waals surface area contributed by atoms with Gasteiger partial charge in [-0.05, 0) is 42.9 Å². The van der Waals surface area contributed by atoms with Gasteiger partial charge >= 0.3 is 0 Å². The summed E-state index contributed by atoms with van der Waals surface area (Å²) in [4.78, 5) is 0. The summed E-state index contributed by atoms with van der Waals surface area (Å²) in [5, 5.41) is 9.92. The van der Waals surface area contributed by atoms with Crippen molar-refractivity contribution in [2.24, 2.45) is 0 Å². The predicted molar refractivity (Wildman–Crippen MR) is 97.5 cm³/mol. The smallest absolute Gasteiger partial charge is 0.122 e. The van der Waals surface area contributed by atoms with E-state index in [0.717, 1.165) is 37.7 Å². The van der Waals surface area contributed by atoms with Gasteiger partial charge in [0.2, 0.25) is 0 Å². The number of hydrogen-bond donors (Lipinski definition) is 1. The fraction of sp³-hybridized carbons (Fsp3) is 0.429. The summed E-state index contributed by atoms with van der Waals surface area (Å²) in [5.41, 5.74) is 4.74. The van der Waals surface area contributed by atoms with Crippen molar-refractivity contribution >= 4 is 6.08 Å². The Morgan fingerprint density at radius 2 is 2.09 bits per heavy atom. The summed E-state index contributed by atoms with van der Waals surface area (Å²) in [6.07, 6.45) is 9.56. The zero-order chi connectivity index (χ0) is 16.7. The molecule has 0 radical (unpaired) electrons. The first-order valence-electron chi connectivity index (χ1n) is 8.62. The highest BCUT2D eigenvalue weighted by molar-refractivity contribution is 5.59. The average molecular weight is 312 g/mol. The van der Waals surface area contributed by atoms with Crippen LogP contribution >= 0.6 is 0 Å². The van der Waals surface area contributed by atoms with Crippen molar-refractivity contribution in [1.29, 1.82) is 0 Å². The van der Waals surface area contributed by atoms with E-state index >= 15 is 0 Å². The van der Waals surface area contributed by atoms with Crippen LogP contribution in [0.3, 0.4) is 0 Å². The normalized spacial score (nSPS) is 18.1. The number of hydrogen-bond acceptors (Lipinski definition) is 2. The lowest BCUT2D eigenvalue weighted by molar-refractivity contribution is 0.116. The monoisotopic (exact) mass is 312 g/mol. The van der Waals surface area contributed by atoms with Gasteiger partial charge in [0.25, 0.3) is 0 Å². The van der Waals surface area contributed by atoms with Crippen molar-refractivity contribution in [2.45, 2.75) is 52.1 Å². The molecule has 1 atom stereocenters. The molecule has 1 aromatic carbocycles. The van der Waals surface area contributed by atoms with Gasteiger partial charge in [-0.1, -0.05) is 62.8 Å². The van der Waals surface area contributed by atoms with Gasteiger partial charge in [-0.15, -0.1) is 0 Å². The second-order valence-corrected chi connectivity index (χ2v) is 6.09. The van der Waals surface area contributed by atoms with E-state index in [0.29, 0.717) is 12.4 Å². The first kappa shape index (κ1) is 17.6. The van der Waals surface area contributed by atoms with Gasteiger partial charge in [-0.2, -0.15) is 0 Å². The van der Waals surface area contributed by atoms with Gasteiger partial charge in [0, 0.05) is 5.56 Å². The Morgan fingerprint density at radius 3 is 2.78 bits per heavy atom. The first-order valence-corrected chi connectivity index (χ1v) is 8.62. The van der Waals surface area contributed by atoms with Crippen molar-refractivity contribution in [3.8, 4) is 5.75 Å². The van der Waals surface area contributed by atoms with Crippen LogP contribution in [0, 0.1) is 0 Å². The Balaban J connectivity index is 1.99. The third-order valence-electron chi connectivity index (χ3n) is 4.39. The zero-order valence-electron chi connectivity index (χ0n) is 14.3. The molecule has 2 heteroatoms. The Kier molecular flexibility index (Phi) is 6.66. The van der Waals surface area contributed by atoms with Gasteiger partial charge in [0.05, 0.1) is 12.7 Å². The number of allylic oxidation sites excluding steroid dienone is 1. The van der Waals surface area contributed by atoms with E-state index in [2.05, 4.69) is 32.6 Å². The van der Waals surface area contributed by atoms with Crippen LogP contribution in [0.5, 0.6) is 5.75 Å². The summed E-state index contributed by atoms with van der Waals surface area (Å²) >= 11 is 0. The van der Waals surface area contributed by atoms with E-state index in [1.807, 2.05) is 18.2 Å². The molecular weight excluding hydrogens is 284 g/mol. The third kappa shape index (κ3) is 4.84. The molecule has 1 unspecified atom stereocenters. The molecule has 1 aliphatic rings. The Bertz CT molecular complexity index is 596. The second-order valence-electron chi connectivity index (χ2n) is 6.09. The van der Waals surface area contributed by atoms with E-state index in [4.69, 9.17) is 4.74 Å². The minimum absolute atomic E-state index is 0.174. The van der Waals surface area contributed by atoms with Gasteiger partial charge in [-0.25, -0.2) is 0 Å². The number of phenols is 1. The van der Waals surface area contributed by atoms with Crippen molar-refractivity contribution in [3.63, 3.8) is 0 Å². The van der Waals surface area contributed by atoms with Crippen molar-refractivity contribution in [3.05, 3.63) is 59.2 Å². The summed E-state index contributed by atoms with van der Waals surface area (Å²) in [5.74, 6) is 0.340. The van der Waals surface area contributed by atoms with Gasteiger partial charge in [-0.3, -0.25) is 0 Å². The minimum atomic E-state index is 0.174. The average Bonchev–Trinajstić information content (AvgIpc) is 3.02. The highest BCUT2D eigenvalue weighted by atomic mass is 16.5. The largest absolute Gasteiger partial charge is 0.507 e. The van der Waals surface area contributed by atoms with Crippen LogP contribution in [0.15, 0.2) is 53.6 Å². The molecule has 0 saturated carbocycles. The summed E-state index contributed by atoms with van der Waals surface area (Å²) in [6, 6.07) is 7.48. The van der Waals surface area contributed by atoms with Crippen LogP contribution in [-0.4, -0.2) is 17.8 Å². The molecular formula is C21H28O2. The van der Waals surface area contributed by atoms with E-state index in [9.17, 15) is 5.11 Å². The molecule has 23 heavy (non-hydrogen) atoms. The van der Waals surface area contributed by atoms with Crippen LogP contribution in [0.25, 0.3) is 6.08 Å². The molecule has 0 aliphatic carbocycles. The van der Waals surface area contributed by atoms with Crippen molar-refractivity contribution in [1.82, 2.24) is 0 Å². The van der Waals surface area contributed by atoms with E-state index in [-0.39, 0.29) is 6.10 Å². The summed E-state index contributed by atoms with van der Waals surface area (Å²) < 4.78 is 5.87. The molecule has 2 nitrogen and oxygen atoms in total. The van der Waals surface area contributed by atoms with E-state index < -0.39 is 0 Å². The maximum atomic E-state index is 9.92. The second kappa shape index (κ2) is 8.73. The molecule has 0 amide bonds. The number of para-hydroxylation sites is 1. The van der Waals surface area contributed by atoms with Gasteiger partial charge in [0.15, 0.2) is 0 Å². The van der Waals surface area contributed by atoms with Crippen LogP contribution in [0.1, 0.15) is 51.5 Å². The number of ether oxygens (including phenoxy) is 1. The lowest BCUT2D eigenvalue weighted by Gasteiger charge is -2.17. The molecule has 2 rings (SSSR count). The molecule has 0 saturated heterocycles. The highest BCUT2D eigenvalue weighted by Gasteiger charge is 2.21. The maximum absolute atomic E-state index is 9.92. The molecule has 0 fully saturated rings. The Morgan fingerprint density at radius 1 is 1.30 bits per heavy atom. The van der Waals surface area contributed by atoms with Gasteiger partial charge < -0.3 is 9.84 Å². The fourth-order valence-corrected chi connectivity index (χ4v) is 3.03. The van der Waals surface area contributed by atoms with Crippen LogP contribution in [0.2, 0.25) is 0 Å². The Hall–Kier alpha value is -1.80. The minimum Gasteiger partial charge on any atom is -0.507 e. The summed E-state index contributed by atoms with van der Waals surface area (Å²) in [6.45, 7) is 9.25. The molecule has 1 aromatic rings. The molecule has 0 aromatic heterocycles. The molecule has 1 heterocycles. The standard InChI is InChI=1S/C21H28O2/c1-4-8-16(3)19-13-14-23-21(19)12-11-17(5-2)15-18-9-6-7-10-20(18)22/h6-7,9-10,13,15,21-22H,3-5,8,11-12,14H2,1-2H3/b17-15+. The Labute approximate surface area is 140 Å². The first-order chi connectivity index (χ1) is 11.2. The van der Waals surface area contributed by atoms with Gasteiger partial charge in [0.1, 0.15) is 5.75 Å². The quantitative estimate of drug-likeness (QED) is 0.672. The lowest BCUT2D eigenvalue weighted by atomic mass is 9.94. The van der Waals surface area contributed by atoms with Crippen molar-refractivity contribution < 1.29 is 9.84 Å². The summed E-state index contributed by atoms with van der Waals surface area (Å²) in [7, 11) is 0. The molecule has 1 N–H and O–H groups in total. The van der Waals surface area contributed by atoms with Crippen LogP contribution < -0.4 is 0 Å². The number of phenolic OH excluding ortho intramolecular Hbond substituents is 1. The lowest BCUT2D eigenvalue weighted by Crippen LogP contribution is -2.11. The van der Waals surface area contributed by atoms with E-state index in [1.165, 1.54) is 16.7 Å². The molecule has 1 aliphatic heterocycles. The van der Waals surface area contributed by atoms with Crippen LogP contribution in [0.4, 0.5) is 0 Å². The number of rotatable bonds is 8. The van der Waals surface area contributed by atoms with E-state index in [1.54, 1.807) is 6.07 Å². The molecule has 0 bridgehead atoms. The predicted octanol–water partition coefficient (Wildman–Crippen LogP) is 5.65. The SMILES string of the molecule is C=C(CCC)C1=CCOC1CC/C(=C/c1ccccc1O)CC. The number of benzene rings is 1. The molecule has 0 spiro atoms. The number of aromatic hydroxyl groups is 1. The molecule has 124 valence electrons. The topological polar surface area (TPSA) is 29.5 Å². The fourth-order valence-electron chi connectivity index (χ4n) is 3.03. The maximum Gasteiger partial charge on any atom is 0.122 e. The highest BCUT2D eigenvalue weighted by Crippen LogP contribution is 2.29. The van der Waals surface area contributed by atoms with Crippen LogP contribution in [-0.2, 0) is 4.74 Å². The third-order valence-corrected chi connectivity index (χ3v) is 4.39. The van der Waals surface area contributed by atoms with Crippen molar-refractivity contribution in [2.75, 3.05) is 6.61 Å².